The van der Waals surface area contributed by atoms with Gasteiger partial charge in [-0.2, -0.15) is 0 Å². The molecular weight excluding hydrogens is 467 g/mol. The Kier molecular flexibility index (Phi) is 6.01. The number of aliphatic hydroxyl groups is 1. The Bertz CT molecular complexity index is 1080. The molecular formula is C25H27ClF3N3O2. The number of fused-ring (bicyclic) bond motifs is 2. The number of benzene rings is 1. The third-order valence-electron chi connectivity index (χ3n) is 7.98. The zero-order chi connectivity index (χ0) is 24.1. The minimum atomic E-state index is -1.37. The largest absolute Gasteiger partial charge is 0.391 e. The molecule has 9 heteroatoms. The Balaban J connectivity index is 1.39. The van der Waals surface area contributed by atoms with Crippen molar-refractivity contribution in [1.82, 2.24) is 10.3 Å². The van der Waals surface area contributed by atoms with Crippen molar-refractivity contribution in [2.75, 3.05) is 5.32 Å². The van der Waals surface area contributed by atoms with Crippen molar-refractivity contribution >= 4 is 23.3 Å². The van der Waals surface area contributed by atoms with Crippen molar-refractivity contribution < 1.29 is 23.1 Å². The molecule has 5 rings (SSSR count). The summed E-state index contributed by atoms with van der Waals surface area (Å²) in [5, 5.41) is 16.3. The standard InChI is InChI=1S/C25H27ClF3N3O2/c26-15-4-5-16(27)20(21(15)28)22(24-6-8-25(29,13-24)9-7-24)32-23(34)14-11-17(18(33)12-14)31-19-3-1-2-10-30-19/h1-5,10,14,17-18,22,33H,6-9,11-13H2,(H,30,31)(H,32,34)/t14-,17?,18+,22+,24?,25?/m0/s1. The van der Waals surface area contributed by atoms with Crippen LogP contribution in [0, 0.1) is 23.0 Å². The van der Waals surface area contributed by atoms with Gasteiger partial charge in [0.2, 0.25) is 5.91 Å². The van der Waals surface area contributed by atoms with Crippen LogP contribution in [0.5, 0.6) is 0 Å². The van der Waals surface area contributed by atoms with Crippen LogP contribution >= 0.6 is 11.6 Å². The number of carbonyl (C=O) groups is 1. The molecule has 2 bridgehead atoms. The first kappa shape index (κ1) is 23.4. The number of halogens is 4. The average Bonchev–Trinajstić information content (AvgIpc) is 3.47. The Morgan fingerprint density at radius 3 is 2.56 bits per heavy atom. The number of amides is 1. The molecule has 2 aromatic rings. The predicted octanol–water partition coefficient (Wildman–Crippen LogP) is 5.09. The normalized spacial score (nSPS) is 33.1. The number of aromatic nitrogens is 1. The molecule has 3 aliphatic carbocycles. The van der Waals surface area contributed by atoms with Crippen molar-refractivity contribution in [2.45, 2.75) is 68.8 Å². The van der Waals surface area contributed by atoms with Crippen LogP contribution < -0.4 is 10.6 Å². The Hall–Kier alpha value is -2.32. The van der Waals surface area contributed by atoms with E-state index in [4.69, 9.17) is 11.6 Å². The van der Waals surface area contributed by atoms with E-state index in [0.29, 0.717) is 37.9 Å². The highest BCUT2D eigenvalue weighted by molar-refractivity contribution is 6.30. The maximum atomic E-state index is 15.1. The number of pyridine rings is 1. The summed E-state index contributed by atoms with van der Waals surface area (Å²) in [7, 11) is 0. The SMILES string of the molecule is O=C(N[C@H](c1c(F)ccc(Cl)c1F)C12CCC(F)(CC1)C2)[C@H]1CC(Nc2ccccn2)[C@H](O)C1. The van der Waals surface area contributed by atoms with Crippen molar-refractivity contribution in [3.63, 3.8) is 0 Å². The number of hydrogen-bond donors (Lipinski definition) is 3. The summed E-state index contributed by atoms with van der Waals surface area (Å²) in [4.78, 5) is 17.5. The van der Waals surface area contributed by atoms with Crippen LogP contribution in [0.15, 0.2) is 36.5 Å². The number of nitrogens with one attached hydrogen (secondary N) is 2. The van der Waals surface area contributed by atoms with Gasteiger partial charge in [-0.15, -0.1) is 0 Å². The molecule has 0 spiro atoms. The quantitative estimate of drug-likeness (QED) is 0.490. The van der Waals surface area contributed by atoms with Gasteiger partial charge in [-0.05, 0) is 74.6 Å². The molecule has 3 saturated carbocycles. The first-order valence-corrected chi connectivity index (χ1v) is 12.1. The molecule has 1 unspecified atom stereocenters. The molecule has 1 aromatic carbocycles. The van der Waals surface area contributed by atoms with Gasteiger partial charge in [0.05, 0.1) is 23.2 Å². The van der Waals surface area contributed by atoms with Gasteiger partial charge in [0.25, 0.3) is 0 Å². The van der Waals surface area contributed by atoms with E-state index < -0.39 is 52.7 Å². The van der Waals surface area contributed by atoms with Crippen molar-refractivity contribution in [2.24, 2.45) is 11.3 Å². The third kappa shape index (κ3) is 4.15. The molecule has 3 fully saturated rings. The second-order valence-corrected chi connectivity index (χ2v) is 10.5. The lowest BCUT2D eigenvalue weighted by Gasteiger charge is -2.37. The molecule has 1 heterocycles. The third-order valence-corrected chi connectivity index (χ3v) is 8.27. The van der Waals surface area contributed by atoms with Crippen LogP contribution in [0.3, 0.4) is 0 Å². The topological polar surface area (TPSA) is 74.2 Å². The minimum absolute atomic E-state index is 0.146. The smallest absolute Gasteiger partial charge is 0.223 e. The monoisotopic (exact) mass is 493 g/mol. The minimum Gasteiger partial charge on any atom is -0.391 e. The Morgan fingerprint density at radius 1 is 1.15 bits per heavy atom. The van der Waals surface area contributed by atoms with Crippen LogP contribution in [0.4, 0.5) is 19.0 Å². The summed E-state index contributed by atoms with van der Waals surface area (Å²) in [6, 6.07) is 6.14. The lowest BCUT2D eigenvalue weighted by Crippen LogP contribution is -2.42. The van der Waals surface area contributed by atoms with Gasteiger partial charge in [-0.25, -0.2) is 18.2 Å². The number of anilines is 1. The molecule has 1 aromatic heterocycles. The van der Waals surface area contributed by atoms with Crippen LogP contribution in [0.1, 0.15) is 56.6 Å². The van der Waals surface area contributed by atoms with E-state index in [9.17, 15) is 14.3 Å². The van der Waals surface area contributed by atoms with E-state index in [-0.39, 0.29) is 23.4 Å². The van der Waals surface area contributed by atoms with Crippen LogP contribution in [0.25, 0.3) is 0 Å². The Labute approximate surface area is 201 Å². The zero-order valence-electron chi connectivity index (χ0n) is 18.5. The van der Waals surface area contributed by atoms with Gasteiger partial charge >= 0.3 is 0 Å². The molecule has 1 amide bonds. The first-order chi connectivity index (χ1) is 16.2. The first-order valence-electron chi connectivity index (χ1n) is 11.7. The summed E-state index contributed by atoms with van der Waals surface area (Å²) in [5.41, 5.74) is -2.45. The number of hydrogen-bond acceptors (Lipinski definition) is 4. The molecule has 4 atom stereocenters. The van der Waals surface area contributed by atoms with Gasteiger partial charge < -0.3 is 15.7 Å². The van der Waals surface area contributed by atoms with Crippen molar-refractivity contribution in [3.05, 3.63) is 58.7 Å². The highest BCUT2D eigenvalue weighted by Gasteiger charge is 2.59. The number of carbonyl (C=O) groups excluding carboxylic acids is 1. The van der Waals surface area contributed by atoms with Crippen molar-refractivity contribution in [1.29, 1.82) is 0 Å². The molecule has 182 valence electrons. The maximum Gasteiger partial charge on any atom is 0.223 e. The Morgan fingerprint density at radius 2 is 1.91 bits per heavy atom. The average molecular weight is 494 g/mol. The van der Waals surface area contributed by atoms with Crippen LogP contribution in [-0.2, 0) is 4.79 Å². The summed E-state index contributed by atoms with van der Waals surface area (Å²) in [6.45, 7) is 0. The fourth-order valence-corrected chi connectivity index (χ4v) is 6.36. The fourth-order valence-electron chi connectivity index (χ4n) is 6.19. The predicted molar refractivity (Wildman–Crippen MR) is 122 cm³/mol. The van der Waals surface area contributed by atoms with E-state index in [1.807, 2.05) is 6.07 Å². The van der Waals surface area contributed by atoms with Gasteiger partial charge in [0, 0.05) is 17.7 Å². The fraction of sp³-hybridized carbons (Fsp3) is 0.520. The number of nitrogens with zero attached hydrogens (tertiary/aromatic N) is 1. The van der Waals surface area contributed by atoms with E-state index in [2.05, 4.69) is 15.6 Å². The molecule has 0 aliphatic heterocycles. The number of aliphatic hydroxyl groups excluding tert-OH is 1. The molecule has 5 nitrogen and oxygen atoms in total. The van der Waals surface area contributed by atoms with Gasteiger partial charge in [0.1, 0.15) is 23.1 Å². The van der Waals surface area contributed by atoms with Gasteiger partial charge in [-0.1, -0.05) is 17.7 Å². The summed E-state index contributed by atoms with van der Waals surface area (Å²) in [6.07, 6.45) is 2.98. The highest BCUT2D eigenvalue weighted by Crippen LogP contribution is 2.63. The highest BCUT2D eigenvalue weighted by atomic mass is 35.5. The van der Waals surface area contributed by atoms with E-state index in [1.165, 1.54) is 0 Å². The molecule has 34 heavy (non-hydrogen) atoms. The van der Waals surface area contributed by atoms with E-state index >= 15 is 8.78 Å². The molecule has 3 aliphatic rings. The number of rotatable bonds is 6. The summed E-state index contributed by atoms with van der Waals surface area (Å²) in [5.74, 6) is -2.13. The van der Waals surface area contributed by atoms with Crippen LogP contribution in [-0.4, -0.2) is 33.8 Å². The number of alkyl halides is 1. The maximum absolute atomic E-state index is 15.1. The lowest BCUT2D eigenvalue weighted by molar-refractivity contribution is -0.127. The molecule has 0 radical (unpaired) electrons. The second-order valence-electron chi connectivity index (χ2n) is 10.1. The lowest BCUT2D eigenvalue weighted by atomic mass is 9.74. The van der Waals surface area contributed by atoms with Crippen LogP contribution in [0.2, 0.25) is 5.02 Å². The second kappa shape index (κ2) is 8.72. The van der Waals surface area contributed by atoms with E-state index in [0.717, 1.165) is 12.1 Å². The summed E-state index contributed by atoms with van der Waals surface area (Å²) < 4.78 is 45.1. The van der Waals surface area contributed by atoms with Gasteiger partial charge in [0.15, 0.2) is 0 Å². The van der Waals surface area contributed by atoms with Gasteiger partial charge in [-0.3, -0.25) is 4.79 Å². The zero-order valence-corrected chi connectivity index (χ0v) is 19.3. The molecule has 0 saturated heterocycles. The van der Waals surface area contributed by atoms with E-state index in [1.54, 1.807) is 18.3 Å². The molecule has 3 N–H and O–H groups in total. The summed E-state index contributed by atoms with van der Waals surface area (Å²) >= 11 is 5.97. The van der Waals surface area contributed by atoms with Crippen molar-refractivity contribution in [3.8, 4) is 0 Å².